The lowest BCUT2D eigenvalue weighted by Gasteiger charge is -2.02. The quantitative estimate of drug-likeness (QED) is 0.594. The predicted octanol–water partition coefficient (Wildman–Crippen LogP) is 3.67. The molecule has 1 fully saturated rings. The van der Waals surface area contributed by atoms with Crippen LogP contribution >= 0.6 is 15.9 Å². The van der Waals surface area contributed by atoms with E-state index in [1.807, 2.05) is 0 Å². The Morgan fingerprint density at radius 2 is 1.87 bits per heavy atom. The van der Waals surface area contributed by atoms with Crippen LogP contribution < -0.4 is 0 Å². The first-order chi connectivity index (χ1) is 7.40. The normalized spacial score (nSPS) is 24.3. The molecule has 0 radical (unpaired) electrons. The molecule has 0 N–H and O–H groups in total. The third-order valence-corrected chi connectivity index (χ3v) is 3.50. The van der Waals surface area contributed by atoms with Crippen LogP contribution in [0.2, 0.25) is 0 Å². The van der Waals surface area contributed by atoms with Gasteiger partial charge in [-0.3, -0.25) is 0 Å². The molecule has 0 bridgehead atoms. The second-order valence-corrected chi connectivity index (χ2v) is 4.47. The first-order valence-corrected chi connectivity index (χ1v) is 6.21. The number of ether oxygens (including phenoxy) is 1. The maximum Gasteiger partial charge on any atom is 0.111 e. The Hall–Kier alpha value is -0.860. The van der Waals surface area contributed by atoms with Crippen LogP contribution in [-0.2, 0) is 4.74 Å². The number of benzene rings is 2. The van der Waals surface area contributed by atoms with Gasteiger partial charge >= 0.3 is 0 Å². The van der Waals surface area contributed by atoms with Gasteiger partial charge < -0.3 is 4.74 Å². The average molecular weight is 263 g/mol. The van der Waals surface area contributed by atoms with Gasteiger partial charge in [-0.25, -0.2) is 0 Å². The Bertz CT molecular complexity index is 489. The van der Waals surface area contributed by atoms with E-state index in [1.165, 1.54) is 16.3 Å². The summed E-state index contributed by atoms with van der Waals surface area (Å²) in [6, 6.07) is 14.9. The number of halogens is 1. The van der Waals surface area contributed by atoms with E-state index in [4.69, 9.17) is 4.74 Å². The van der Waals surface area contributed by atoms with Gasteiger partial charge in [0.05, 0.1) is 6.10 Å². The SMILES string of the molecule is BrCC1OC1c1cccc2ccccc12. The molecule has 76 valence electrons. The highest BCUT2D eigenvalue weighted by Crippen LogP contribution is 2.42. The monoisotopic (exact) mass is 262 g/mol. The van der Waals surface area contributed by atoms with E-state index in [2.05, 4.69) is 58.4 Å². The summed E-state index contributed by atoms with van der Waals surface area (Å²) in [5, 5.41) is 3.52. The molecule has 1 aliphatic heterocycles. The third kappa shape index (κ3) is 1.58. The van der Waals surface area contributed by atoms with Gasteiger partial charge in [0, 0.05) is 5.33 Å². The van der Waals surface area contributed by atoms with E-state index in [0.29, 0.717) is 6.10 Å². The standard InChI is InChI=1S/C13H11BrO/c14-8-12-13(15-12)11-7-3-5-9-4-1-2-6-10(9)11/h1-7,12-13H,8H2. The van der Waals surface area contributed by atoms with Gasteiger partial charge in [-0.1, -0.05) is 58.4 Å². The van der Waals surface area contributed by atoms with Gasteiger partial charge in [-0.2, -0.15) is 0 Å². The zero-order chi connectivity index (χ0) is 10.3. The molecule has 0 aromatic heterocycles. The van der Waals surface area contributed by atoms with Crippen LogP contribution in [0.4, 0.5) is 0 Å². The fraction of sp³-hybridized carbons (Fsp3) is 0.231. The molecule has 0 spiro atoms. The summed E-state index contributed by atoms with van der Waals surface area (Å²) in [6.45, 7) is 0. The zero-order valence-electron chi connectivity index (χ0n) is 8.19. The van der Waals surface area contributed by atoms with E-state index in [-0.39, 0.29) is 6.10 Å². The van der Waals surface area contributed by atoms with Crippen LogP contribution in [0.1, 0.15) is 11.7 Å². The van der Waals surface area contributed by atoms with Crippen LogP contribution in [0.15, 0.2) is 42.5 Å². The Morgan fingerprint density at radius 3 is 2.67 bits per heavy atom. The number of alkyl halides is 1. The maximum atomic E-state index is 5.61. The topological polar surface area (TPSA) is 12.5 Å². The first-order valence-electron chi connectivity index (χ1n) is 5.09. The van der Waals surface area contributed by atoms with E-state index in [9.17, 15) is 0 Å². The van der Waals surface area contributed by atoms with Crippen molar-refractivity contribution in [1.82, 2.24) is 0 Å². The number of hydrogen-bond acceptors (Lipinski definition) is 1. The molecular weight excluding hydrogens is 252 g/mol. The van der Waals surface area contributed by atoms with Gasteiger partial charge in [0.25, 0.3) is 0 Å². The highest BCUT2D eigenvalue weighted by molar-refractivity contribution is 9.09. The van der Waals surface area contributed by atoms with Gasteiger partial charge in [-0.15, -0.1) is 0 Å². The largest absolute Gasteiger partial charge is 0.364 e. The summed E-state index contributed by atoms with van der Waals surface area (Å²) < 4.78 is 5.61. The molecule has 2 aromatic rings. The van der Waals surface area contributed by atoms with Crippen molar-refractivity contribution in [3.8, 4) is 0 Å². The number of epoxide rings is 1. The predicted molar refractivity (Wildman–Crippen MR) is 65.4 cm³/mol. The molecule has 2 unspecified atom stereocenters. The van der Waals surface area contributed by atoms with E-state index >= 15 is 0 Å². The van der Waals surface area contributed by atoms with Gasteiger partial charge in [0.2, 0.25) is 0 Å². The number of fused-ring (bicyclic) bond motifs is 1. The van der Waals surface area contributed by atoms with E-state index in [0.717, 1.165) is 5.33 Å². The zero-order valence-corrected chi connectivity index (χ0v) is 9.78. The lowest BCUT2D eigenvalue weighted by molar-refractivity contribution is 0.386. The van der Waals surface area contributed by atoms with E-state index in [1.54, 1.807) is 0 Å². The van der Waals surface area contributed by atoms with Crippen LogP contribution in [0.25, 0.3) is 10.8 Å². The van der Waals surface area contributed by atoms with Crippen LogP contribution in [-0.4, -0.2) is 11.4 Å². The number of rotatable bonds is 2. The van der Waals surface area contributed by atoms with Crippen molar-refractivity contribution >= 4 is 26.7 Å². The second kappa shape index (κ2) is 3.62. The molecule has 1 saturated heterocycles. The molecule has 2 aromatic carbocycles. The second-order valence-electron chi connectivity index (χ2n) is 3.82. The van der Waals surface area contributed by atoms with Crippen LogP contribution in [0.5, 0.6) is 0 Å². The Labute approximate surface area is 97.2 Å². The van der Waals surface area contributed by atoms with Crippen LogP contribution in [0.3, 0.4) is 0 Å². The molecular formula is C13H11BrO. The molecule has 2 heteroatoms. The third-order valence-electron chi connectivity index (χ3n) is 2.86. The summed E-state index contributed by atoms with van der Waals surface area (Å²) in [5.74, 6) is 0. The lowest BCUT2D eigenvalue weighted by atomic mass is 10.0. The molecule has 1 heterocycles. The average Bonchev–Trinajstić information content (AvgIpc) is 3.07. The molecule has 1 nitrogen and oxygen atoms in total. The van der Waals surface area contributed by atoms with Gasteiger partial charge in [0.1, 0.15) is 6.10 Å². The van der Waals surface area contributed by atoms with Gasteiger partial charge in [0.15, 0.2) is 0 Å². The molecule has 3 rings (SSSR count). The summed E-state index contributed by atoms with van der Waals surface area (Å²) >= 11 is 3.45. The van der Waals surface area contributed by atoms with Gasteiger partial charge in [-0.05, 0) is 16.3 Å². The van der Waals surface area contributed by atoms with Crippen molar-refractivity contribution in [2.24, 2.45) is 0 Å². The molecule has 1 aliphatic rings. The minimum atomic E-state index is 0.287. The van der Waals surface area contributed by atoms with Crippen LogP contribution in [0, 0.1) is 0 Å². The first kappa shape index (κ1) is 9.37. The maximum absolute atomic E-state index is 5.61. The molecule has 2 atom stereocenters. The minimum absolute atomic E-state index is 0.287. The van der Waals surface area contributed by atoms with Crippen molar-refractivity contribution in [2.45, 2.75) is 12.2 Å². The smallest absolute Gasteiger partial charge is 0.111 e. The summed E-state index contributed by atoms with van der Waals surface area (Å²) in [6.07, 6.45) is 0.645. The fourth-order valence-corrected chi connectivity index (χ4v) is 2.52. The van der Waals surface area contributed by atoms with Crippen molar-refractivity contribution in [2.75, 3.05) is 5.33 Å². The van der Waals surface area contributed by atoms with Crippen molar-refractivity contribution in [3.63, 3.8) is 0 Å². The highest BCUT2D eigenvalue weighted by Gasteiger charge is 2.39. The molecule has 0 amide bonds. The molecule has 0 saturated carbocycles. The Kier molecular flexibility index (Phi) is 2.26. The Morgan fingerprint density at radius 1 is 1.07 bits per heavy atom. The van der Waals surface area contributed by atoms with Crippen molar-refractivity contribution in [1.29, 1.82) is 0 Å². The summed E-state index contributed by atoms with van der Waals surface area (Å²) in [7, 11) is 0. The molecule has 15 heavy (non-hydrogen) atoms. The van der Waals surface area contributed by atoms with Crippen molar-refractivity contribution in [3.05, 3.63) is 48.0 Å². The lowest BCUT2D eigenvalue weighted by Crippen LogP contribution is -1.90. The fourth-order valence-electron chi connectivity index (χ4n) is 2.03. The summed E-state index contributed by atoms with van der Waals surface area (Å²) in [5.41, 5.74) is 1.32. The molecule has 0 aliphatic carbocycles. The van der Waals surface area contributed by atoms with Crippen molar-refractivity contribution < 1.29 is 4.74 Å². The minimum Gasteiger partial charge on any atom is -0.364 e. The number of hydrogen-bond donors (Lipinski definition) is 0. The summed E-state index contributed by atoms with van der Waals surface area (Å²) in [4.78, 5) is 0. The van der Waals surface area contributed by atoms with E-state index < -0.39 is 0 Å². The Balaban J connectivity index is 2.11. The highest BCUT2D eigenvalue weighted by atomic mass is 79.9.